The van der Waals surface area contributed by atoms with Crippen LogP contribution in [0.4, 0.5) is 0 Å². The quantitative estimate of drug-likeness (QED) is 0.0893. The van der Waals surface area contributed by atoms with Crippen LogP contribution in [-0.4, -0.2) is 6.21 Å². The van der Waals surface area contributed by atoms with E-state index in [0.717, 1.165) is 5.56 Å². The number of aliphatic imine (C=N–C) groups is 1. The van der Waals surface area contributed by atoms with Crippen LogP contribution in [0.25, 0.3) is 0 Å². The molecule has 0 saturated carbocycles. The van der Waals surface area contributed by atoms with E-state index < -0.39 is 7.92 Å². The fourth-order valence-corrected chi connectivity index (χ4v) is 6.59. The molecule has 5 aromatic rings. The minimum Gasteiger partial charge on any atom is 0 e. The molecule has 0 aliphatic carbocycles. The predicted molar refractivity (Wildman–Crippen MR) is 159 cm³/mol. The van der Waals surface area contributed by atoms with Gasteiger partial charge in [-0.25, -0.2) is 0 Å². The summed E-state index contributed by atoms with van der Waals surface area (Å²) in [6.07, 6.45) is 2.07. The second-order valence-electron chi connectivity index (χ2n) is 8.07. The van der Waals surface area contributed by atoms with E-state index in [1.807, 2.05) is 0 Å². The summed E-state index contributed by atoms with van der Waals surface area (Å²) >= 11 is 0. The van der Waals surface area contributed by atoms with Gasteiger partial charge in [-0.2, -0.15) is 0 Å². The van der Waals surface area contributed by atoms with Crippen LogP contribution in [0.15, 0.2) is 151 Å². The van der Waals surface area contributed by atoms with Gasteiger partial charge < -0.3 is 0 Å². The van der Waals surface area contributed by atoms with Crippen LogP contribution in [0.3, 0.4) is 0 Å². The van der Waals surface area contributed by atoms with Gasteiger partial charge in [0.05, 0.1) is 6.04 Å². The molecule has 0 bridgehead atoms. The molecular weight excluding hydrogens is 565 g/mol. The first-order valence-corrected chi connectivity index (χ1v) is 13.5. The van der Waals surface area contributed by atoms with Gasteiger partial charge in [0, 0.05) is 29.1 Å². The van der Waals surface area contributed by atoms with Gasteiger partial charge in [0.2, 0.25) is 0 Å². The molecular formula is C35H26CrNO3P. The molecule has 0 heterocycles. The molecule has 0 amide bonds. The molecule has 0 unspecified atom stereocenters. The predicted octanol–water partition coefficient (Wildman–Crippen LogP) is 6.54. The number of hydrogen-bond donors (Lipinski definition) is 0. The van der Waals surface area contributed by atoms with Crippen LogP contribution in [0.1, 0.15) is 22.7 Å². The molecule has 0 spiro atoms. The van der Waals surface area contributed by atoms with E-state index >= 15 is 0 Å². The Morgan fingerprint density at radius 3 is 1.24 bits per heavy atom. The van der Waals surface area contributed by atoms with Crippen LogP contribution in [-0.2, 0) is 31.3 Å². The standard InChI is InChI=1S/C32H26NP.3CO.Cr/c1-5-15-26(16-6-1)32(27-17-7-2-8-18-27)33-25-28-19-13-14-24-31(28)34(29-20-9-3-10-21-29)30-22-11-4-12-23-30;3*1-2;/h1-25,32H;;;;. The van der Waals surface area contributed by atoms with Gasteiger partial charge in [-0.05, 0) is 35.0 Å². The maximum absolute atomic E-state index is 7.50. The molecule has 0 fully saturated rings. The number of rotatable bonds is 7. The van der Waals surface area contributed by atoms with Crippen LogP contribution < -0.4 is 15.9 Å². The van der Waals surface area contributed by atoms with E-state index in [-0.39, 0.29) is 23.4 Å². The summed E-state index contributed by atoms with van der Waals surface area (Å²) in [5.74, 6) is 0. The molecule has 0 atom stereocenters. The molecule has 200 valence electrons. The second kappa shape index (κ2) is 20.8. The van der Waals surface area contributed by atoms with Crippen molar-refractivity contribution in [3.8, 4) is 0 Å². The molecule has 5 aromatic carbocycles. The van der Waals surface area contributed by atoms with Gasteiger partial charge in [0.15, 0.2) is 0 Å². The molecule has 0 N–H and O–H groups in total. The van der Waals surface area contributed by atoms with Gasteiger partial charge in [-0.1, -0.05) is 146 Å². The number of hydrogen-bond acceptors (Lipinski definition) is 1. The summed E-state index contributed by atoms with van der Waals surface area (Å²) in [6, 6.07) is 51.3. The maximum Gasteiger partial charge on any atom is 0 e. The Hall–Kier alpha value is -4.05. The third-order valence-electron chi connectivity index (χ3n) is 5.80. The summed E-state index contributed by atoms with van der Waals surface area (Å²) in [6.45, 7) is 13.5. The number of nitrogens with zero attached hydrogens (tertiary/aromatic N) is 1. The molecule has 5 rings (SSSR count). The molecule has 4 nitrogen and oxygen atoms in total. The summed E-state index contributed by atoms with van der Waals surface area (Å²) < 4.78 is 22.5. The zero-order valence-electron chi connectivity index (χ0n) is 22.0. The smallest absolute Gasteiger partial charge is 0 e. The first kappa shape index (κ1) is 35.0. The van der Waals surface area contributed by atoms with E-state index in [4.69, 9.17) is 18.9 Å². The van der Waals surface area contributed by atoms with E-state index in [2.05, 4.69) is 172 Å². The summed E-state index contributed by atoms with van der Waals surface area (Å²) in [5, 5.41) is 4.00. The molecule has 6 heteroatoms. The Balaban J connectivity index is 0.00000113. The molecule has 0 saturated heterocycles. The Kier molecular flexibility index (Phi) is 17.7. The Morgan fingerprint density at radius 2 is 0.829 bits per heavy atom. The SMILES string of the molecule is C(=NC(c1ccccc1)c1ccccc1)c1ccccc1P(c1ccccc1)c1ccccc1.[C-]#[O+].[C-]#[O+].[C-]#[O+].[Cr]. The van der Waals surface area contributed by atoms with Gasteiger partial charge in [0.1, 0.15) is 0 Å². The van der Waals surface area contributed by atoms with Crippen LogP contribution in [0.5, 0.6) is 0 Å². The van der Waals surface area contributed by atoms with E-state index in [1.165, 1.54) is 27.0 Å². The van der Waals surface area contributed by atoms with Crippen LogP contribution in [0, 0.1) is 20.0 Å². The molecule has 0 radical (unpaired) electrons. The van der Waals surface area contributed by atoms with Crippen molar-refractivity contribution >= 4 is 30.0 Å². The summed E-state index contributed by atoms with van der Waals surface area (Å²) in [5.41, 5.74) is 3.55. The fourth-order valence-electron chi connectivity index (χ4n) is 4.17. The van der Waals surface area contributed by atoms with Crippen molar-refractivity contribution in [3.63, 3.8) is 0 Å². The molecule has 0 aliphatic rings. The monoisotopic (exact) mass is 591 g/mol. The topological polar surface area (TPSA) is 72.1 Å². The van der Waals surface area contributed by atoms with Gasteiger partial charge in [-0.15, -0.1) is 0 Å². The first-order chi connectivity index (χ1) is 19.9. The van der Waals surface area contributed by atoms with E-state index in [9.17, 15) is 0 Å². The average molecular weight is 592 g/mol. The van der Waals surface area contributed by atoms with Crippen molar-refractivity contribution < 1.29 is 31.3 Å². The normalized spacial score (nSPS) is 9.56. The zero-order chi connectivity index (χ0) is 29.0. The Labute approximate surface area is 253 Å². The van der Waals surface area contributed by atoms with E-state index in [1.54, 1.807) is 0 Å². The molecule has 0 aromatic heterocycles. The van der Waals surface area contributed by atoms with Gasteiger partial charge in [-0.3, -0.25) is 4.99 Å². The Bertz CT molecular complexity index is 1400. The minimum absolute atomic E-state index is 0. The fraction of sp³-hybridized carbons (Fsp3) is 0.0286. The van der Waals surface area contributed by atoms with Crippen molar-refractivity contribution in [3.05, 3.63) is 182 Å². The largest absolute Gasteiger partial charge is 0 e. The van der Waals surface area contributed by atoms with Crippen LogP contribution in [0.2, 0.25) is 0 Å². The van der Waals surface area contributed by atoms with Crippen LogP contribution >= 0.6 is 7.92 Å². The van der Waals surface area contributed by atoms with Crippen molar-refractivity contribution in [2.24, 2.45) is 4.99 Å². The zero-order valence-corrected chi connectivity index (χ0v) is 24.2. The van der Waals surface area contributed by atoms with Gasteiger partial charge in [0.25, 0.3) is 0 Å². The average Bonchev–Trinajstić information content (AvgIpc) is 3.07. The molecule has 0 aliphatic heterocycles. The Morgan fingerprint density at radius 1 is 0.488 bits per heavy atom. The van der Waals surface area contributed by atoms with Crippen molar-refractivity contribution in [1.82, 2.24) is 0 Å². The third-order valence-corrected chi connectivity index (χ3v) is 8.32. The summed E-state index contributed by atoms with van der Waals surface area (Å²) in [7, 11) is -0.697. The number of benzene rings is 5. The minimum atomic E-state index is -0.697. The molecule has 41 heavy (non-hydrogen) atoms. The second-order valence-corrected chi connectivity index (χ2v) is 10.3. The summed E-state index contributed by atoms with van der Waals surface area (Å²) in [4.78, 5) is 5.15. The maximum atomic E-state index is 7.50. The first-order valence-electron chi connectivity index (χ1n) is 12.1. The third kappa shape index (κ3) is 10.1. The van der Waals surface area contributed by atoms with Crippen molar-refractivity contribution in [2.45, 2.75) is 6.04 Å². The van der Waals surface area contributed by atoms with Crippen molar-refractivity contribution in [2.75, 3.05) is 0 Å². The van der Waals surface area contributed by atoms with Gasteiger partial charge >= 0.3 is 33.9 Å². The van der Waals surface area contributed by atoms with E-state index in [0.29, 0.717) is 0 Å². The van der Waals surface area contributed by atoms with Crippen molar-refractivity contribution in [1.29, 1.82) is 0 Å².